The Labute approximate surface area is 121 Å². The number of amides is 1. The fraction of sp³-hybridized carbons (Fsp3) is 0.286. The number of rotatable bonds is 6. The van der Waals surface area contributed by atoms with E-state index in [2.05, 4.69) is 15.5 Å². The van der Waals surface area contributed by atoms with Crippen LogP contribution in [0.4, 0.5) is 0 Å². The Morgan fingerprint density at radius 2 is 2.05 bits per heavy atom. The van der Waals surface area contributed by atoms with Gasteiger partial charge in [-0.1, -0.05) is 25.1 Å². The minimum atomic E-state index is -0.883. The molecule has 1 heterocycles. The molecule has 0 aliphatic carbocycles. The van der Waals surface area contributed by atoms with Gasteiger partial charge in [-0.2, -0.15) is 9.90 Å². The third kappa shape index (κ3) is 4.13. The summed E-state index contributed by atoms with van der Waals surface area (Å²) in [5, 5.41) is 19.4. The second kappa shape index (κ2) is 6.65. The minimum Gasteiger partial charge on any atom is -0.481 e. The highest BCUT2D eigenvalue weighted by Crippen LogP contribution is 2.05. The van der Waals surface area contributed by atoms with E-state index >= 15 is 0 Å². The number of aromatic nitrogens is 3. The predicted octanol–water partition coefficient (Wildman–Crippen LogP) is 1.11. The number of carboxylic acids is 1. The molecule has 1 aromatic carbocycles. The zero-order chi connectivity index (χ0) is 15.2. The average molecular weight is 288 g/mol. The normalized spacial score (nSPS) is 11.9. The zero-order valence-corrected chi connectivity index (χ0v) is 11.6. The summed E-state index contributed by atoms with van der Waals surface area (Å²) >= 11 is 0. The molecular formula is C14H16N4O3. The summed E-state index contributed by atoms with van der Waals surface area (Å²) in [6.45, 7) is 2.04. The van der Waals surface area contributed by atoms with Crippen LogP contribution in [0.5, 0.6) is 0 Å². The lowest BCUT2D eigenvalue weighted by Crippen LogP contribution is -2.29. The number of benzene rings is 1. The van der Waals surface area contributed by atoms with Crippen LogP contribution in [-0.2, 0) is 4.79 Å². The van der Waals surface area contributed by atoms with Gasteiger partial charge in [-0.05, 0) is 18.1 Å². The fourth-order valence-electron chi connectivity index (χ4n) is 1.78. The standard InChI is InChI=1S/C14H16N4O3/c1-10(7-13(19)20)8-15-14(21)12-9-16-18(17-12)11-5-3-2-4-6-11/h2-6,9-10H,7-8H2,1H3,(H,15,21)(H,19,20). The molecule has 2 rings (SSSR count). The molecule has 2 N–H and O–H groups in total. The Bertz CT molecular complexity index is 624. The van der Waals surface area contributed by atoms with Gasteiger partial charge >= 0.3 is 5.97 Å². The van der Waals surface area contributed by atoms with Crippen molar-refractivity contribution in [1.82, 2.24) is 20.3 Å². The highest BCUT2D eigenvalue weighted by molar-refractivity contribution is 5.91. The van der Waals surface area contributed by atoms with Crippen molar-refractivity contribution in [3.05, 3.63) is 42.2 Å². The van der Waals surface area contributed by atoms with E-state index in [1.165, 1.54) is 11.0 Å². The van der Waals surface area contributed by atoms with Gasteiger partial charge in [0.2, 0.25) is 0 Å². The molecule has 0 fully saturated rings. The summed E-state index contributed by atoms with van der Waals surface area (Å²) in [7, 11) is 0. The third-order valence-electron chi connectivity index (χ3n) is 2.85. The van der Waals surface area contributed by atoms with Gasteiger partial charge in [0, 0.05) is 13.0 Å². The average Bonchev–Trinajstić information content (AvgIpc) is 2.95. The molecule has 21 heavy (non-hydrogen) atoms. The smallest absolute Gasteiger partial charge is 0.303 e. The van der Waals surface area contributed by atoms with Crippen molar-refractivity contribution in [3.63, 3.8) is 0 Å². The third-order valence-corrected chi connectivity index (χ3v) is 2.85. The second-order valence-corrected chi connectivity index (χ2v) is 4.77. The molecule has 1 amide bonds. The first-order valence-corrected chi connectivity index (χ1v) is 6.54. The van der Waals surface area contributed by atoms with Crippen LogP contribution in [-0.4, -0.2) is 38.5 Å². The van der Waals surface area contributed by atoms with E-state index in [1.807, 2.05) is 30.3 Å². The van der Waals surface area contributed by atoms with Crippen LogP contribution in [0, 0.1) is 5.92 Å². The van der Waals surface area contributed by atoms with Crippen LogP contribution in [0.1, 0.15) is 23.8 Å². The topological polar surface area (TPSA) is 97.1 Å². The molecule has 0 bridgehead atoms. The van der Waals surface area contributed by atoms with Crippen molar-refractivity contribution < 1.29 is 14.7 Å². The van der Waals surface area contributed by atoms with Crippen molar-refractivity contribution in [1.29, 1.82) is 0 Å². The van der Waals surface area contributed by atoms with E-state index in [9.17, 15) is 9.59 Å². The number of carbonyl (C=O) groups is 2. The van der Waals surface area contributed by atoms with Crippen molar-refractivity contribution in [2.24, 2.45) is 5.92 Å². The van der Waals surface area contributed by atoms with Crippen LogP contribution >= 0.6 is 0 Å². The number of hydrogen-bond acceptors (Lipinski definition) is 4. The highest BCUT2D eigenvalue weighted by Gasteiger charge is 2.13. The highest BCUT2D eigenvalue weighted by atomic mass is 16.4. The first kappa shape index (κ1) is 14.7. The second-order valence-electron chi connectivity index (χ2n) is 4.77. The summed E-state index contributed by atoms with van der Waals surface area (Å²) in [4.78, 5) is 23.8. The number of aliphatic carboxylic acids is 1. The van der Waals surface area contributed by atoms with Gasteiger partial charge in [-0.15, -0.1) is 5.10 Å². The van der Waals surface area contributed by atoms with Gasteiger partial charge in [0.1, 0.15) is 0 Å². The molecule has 1 aromatic heterocycles. The number of carboxylic acid groups (broad SMARTS) is 1. The summed E-state index contributed by atoms with van der Waals surface area (Å²) in [6, 6.07) is 9.25. The van der Waals surface area contributed by atoms with Crippen LogP contribution < -0.4 is 5.32 Å². The maximum absolute atomic E-state index is 11.9. The quantitative estimate of drug-likeness (QED) is 0.829. The molecule has 0 spiro atoms. The lowest BCUT2D eigenvalue weighted by molar-refractivity contribution is -0.137. The van der Waals surface area contributed by atoms with E-state index < -0.39 is 5.97 Å². The predicted molar refractivity (Wildman–Crippen MR) is 75.1 cm³/mol. The first-order chi connectivity index (χ1) is 10.1. The van der Waals surface area contributed by atoms with Crippen molar-refractivity contribution >= 4 is 11.9 Å². The lowest BCUT2D eigenvalue weighted by atomic mass is 10.1. The van der Waals surface area contributed by atoms with Gasteiger partial charge in [0.05, 0.1) is 11.9 Å². The van der Waals surface area contributed by atoms with Gasteiger partial charge in [-0.25, -0.2) is 0 Å². The molecule has 1 atom stereocenters. The number of carbonyl (C=O) groups excluding carboxylic acids is 1. The molecule has 7 nitrogen and oxygen atoms in total. The van der Waals surface area contributed by atoms with E-state index in [1.54, 1.807) is 6.92 Å². The number of nitrogens with one attached hydrogen (secondary N) is 1. The molecule has 0 saturated carbocycles. The molecule has 1 unspecified atom stereocenters. The Morgan fingerprint density at radius 1 is 1.33 bits per heavy atom. The molecule has 0 aliphatic heterocycles. The fourth-order valence-corrected chi connectivity index (χ4v) is 1.78. The molecule has 2 aromatic rings. The first-order valence-electron chi connectivity index (χ1n) is 6.54. The summed E-state index contributed by atoms with van der Waals surface area (Å²) in [5.74, 6) is -1.39. The van der Waals surface area contributed by atoms with Gasteiger partial charge in [0.25, 0.3) is 5.91 Å². The van der Waals surface area contributed by atoms with Crippen LogP contribution in [0.25, 0.3) is 5.69 Å². The van der Waals surface area contributed by atoms with Crippen LogP contribution in [0.2, 0.25) is 0 Å². The summed E-state index contributed by atoms with van der Waals surface area (Å²) < 4.78 is 0. The Kier molecular flexibility index (Phi) is 4.65. The van der Waals surface area contributed by atoms with Gasteiger partial charge in [-0.3, -0.25) is 9.59 Å². The molecule has 110 valence electrons. The molecule has 0 radical (unpaired) electrons. The maximum Gasteiger partial charge on any atom is 0.303 e. The summed E-state index contributed by atoms with van der Waals surface area (Å²) in [5.41, 5.74) is 0.956. The zero-order valence-electron chi connectivity index (χ0n) is 11.6. The van der Waals surface area contributed by atoms with E-state index in [0.29, 0.717) is 0 Å². The Morgan fingerprint density at radius 3 is 2.71 bits per heavy atom. The number of para-hydroxylation sites is 1. The molecule has 0 aliphatic rings. The summed E-state index contributed by atoms with van der Waals surface area (Å²) in [6.07, 6.45) is 1.39. The van der Waals surface area contributed by atoms with Gasteiger partial charge in [0.15, 0.2) is 5.69 Å². The Balaban J connectivity index is 1.95. The molecule has 0 saturated heterocycles. The van der Waals surface area contributed by atoms with Gasteiger partial charge < -0.3 is 10.4 Å². The van der Waals surface area contributed by atoms with Crippen molar-refractivity contribution in [2.45, 2.75) is 13.3 Å². The van der Waals surface area contributed by atoms with Crippen LogP contribution in [0.15, 0.2) is 36.5 Å². The Hall–Kier alpha value is -2.70. The lowest BCUT2D eigenvalue weighted by Gasteiger charge is -2.08. The number of hydrogen-bond donors (Lipinski definition) is 2. The number of nitrogens with zero attached hydrogens (tertiary/aromatic N) is 3. The van der Waals surface area contributed by atoms with E-state index in [4.69, 9.17) is 5.11 Å². The molecular weight excluding hydrogens is 272 g/mol. The SMILES string of the molecule is CC(CNC(=O)c1cnn(-c2ccccc2)n1)CC(=O)O. The minimum absolute atomic E-state index is 0.0109. The van der Waals surface area contributed by atoms with E-state index in [-0.39, 0.29) is 30.5 Å². The molecule has 7 heteroatoms. The van der Waals surface area contributed by atoms with Crippen LogP contribution in [0.3, 0.4) is 0 Å². The van der Waals surface area contributed by atoms with Crippen molar-refractivity contribution in [3.8, 4) is 5.69 Å². The maximum atomic E-state index is 11.9. The van der Waals surface area contributed by atoms with E-state index in [0.717, 1.165) is 5.69 Å². The largest absolute Gasteiger partial charge is 0.481 e. The monoisotopic (exact) mass is 288 g/mol. The van der Waals surface area contributed by atoms with Crippen molar-refractivity contribution in [2.75, 3.05) is 6.54 Å².